The Labute approximate surface area is 218 Å². The molecule has 0 unspecified atom stereocenters. The molecule has 4 amide bonds. The Morgan fingerprint density at radius 3 is 2.50 bits per heavy atom. The van der Waals surface area contributed by atoms with Crippen LogP contribution in [0.3, 0.4) is 0 Å². The Morgan fingerprint density at radius 2 is 1.71 bits per heavy atom. The molecule has 0 spiro atoms. The van der Waals surface area contributed by atoms with Gasteiger partial charge in [-0.15, -0.1) is 0 Å². The number of imide groups is 1. The SMILES string of the molecule is Cc1ccc(COc2ccc3ccccc3c2/C=C2/NC(=O)N(CC(=O)Nc3ccccc3F)C2=O)cc1. The molecule has 1 aliphatic rings. The molecular weight excluding hydrogens is 485 g/mol. The number of ether oxygens (including phenoxy) is 1. The van der Waals surface area contributed by atoms with Gasteiger partial charge in [-0.2, -0.15) is 0 Å². The predicted molar refractivity (Wildman–Crippen MR) is 143 cm³/mol. The maximum atomic E-state index is 13.9. The summed E-state index contributed by atoms with van der Waals surface area (Å²) in [6, 6.07) is 24.3. The lowest BCUT2D eigenvalue weighted by Crippen LogP contribution is -2.38. The van der Waals surface area contributed by atoms with E-state index >= 15 is 0 Å². The van der Waals surface area contributed by atoms with E-state index in [4.69, 9.17) is 4.74 Å². The fourth-order valence-corrected chi connectivity index (χ4v) is 4.15. The van der Waals surface area contributed by atoms with Gasteiger partial charge in [-0.3, -0.25) is 9.59 Å². The Hall–Kier alpha value is -4.98. The Kier molecular flexibility index (Phi) is 6.86. The summed E-state index contributed by atoms with van der Waals surface area (Å²) in [7, 11) is 0. The van der Waals surface area contributed by atoms with Crippen molar-refractivity contribution in [3.8, 4) is 5.75 Å². The summed E-state index contributed by atoms with van der Waals surface area (Å²) in [4.78, 5) is 38.9. The third kappa shape index (κ3) is 5.24. The number of nitrogens with one attached hydrogen (secondary N) is 2. The topological polar surface area (TPSA) is 87.7 Å². The molecule has 1 aliphatic heterocycles. The average molecular weight is 510 g/mol. The van der Waals surface area contributed by atoms with Crippen LogP contribution in [0.4, 0.5) is 14.9 Å². The van der Waals surface area contributed by atoms with Crippen LogP contribution in [-0.4, -0.2) is 29.3 Å². The number of para-hydroxylation sites is 1. The van der Waals surface area contributed by atoms with E-state index < -0.39 is 30.2 Å². The van der Waals surface area contributed by atoms with Crippen LogP contribution in [0, 0.1) is 12.7 Å². The van der Waals surface area contributed by atoms with Crippen molar-refractivity contribution in [2.45, 2.75) is 13.5 Å². The molecule has 1 fully saturated rings. The number of hydrogen-bond donors (Lipinski definition) is 2. The summed E-state index contributed by atoms with van der Waals surface area (Å²) in [6.07, 6.45) is 1.56. The number of anilines is 1. The predicted octanol–water partition coefficient (Wildman–Crippen LogP) is 5.40. The molecule has 0 saturated carbocycles. The minimum atomic E-state index is -0.743. The van der Waals surface area contributed by atoms with E-state index in [2.05, 4.69) is 10.6 Å². The number of urea groups is 1. The van der Waals surface area contributed by atoms with Crippen molar-refractivity contribution in [1.29, 1.82) is 0 Å². The number of aryl methyl sites for hydroxylation is 1. The van der Waals surface area contributed by atoms with E-state index in [1.807, 2.05) is 67.6 Å². The van der Waals surface area contributed by atoms with Crippen molar-refractivity contribution < 1.29 is 23.5 Å². The number of nitrogens with zero attached hydrogens (tertiary/aromatic N) is 1. The van der Waals surface area contributed by atoms with E-state index in [-0.39, 0.29) is 11.4 Å². The lowest BCUT2D eigenvalue weighted by Gasteiger charge is -2.13. The van der Waals surface area contributed by atoms with E-state index in [0.717, 1.165) is 26.8 Å². The molecule has 0 aliphatic carbocycles. The van der Waals surface area contributed by atoms with E-state index in [0.29, 0.717) is 17.9 Å². The second kappa shape index (κ2) is 10.6. The normalized spacial score (nSPS) is 14.2. The zero-order valence-electron chi connectivity index (χ0n) is 20.5. The quantitative estimate of drug-likeness (QED) is 0.258. The molecule has 0 bridgehead atoms. The molecule has 4 aromatic carbocycles. The molecule has 4 aromatic rings. The minimum absolute atomic E-state index is 0.00484. The Bertz CT molecular complexity index is 1580. The van der Waals surface area contributed by atoms with Crippen LogP contribution in [0.1, 0.15) is 16.7 Å². The number of hydrogen-bond acceptors (Lipinski definition) is 4. The number of benzene rings is 4. The summed E-state index contributed by atoms with van der Waals surface area (Å²) >= 11 is 0. The number of amides is 4. The highest BCUT2D eigenvalue weighted by Gasteiger charge is 2.35. The third-order valence-corrected chi connectivity index (χ3v) is 6.15. The highest BCUT2D eigenvalue weighted by atomic mass is 19.1. The van der Waals surface area contributed by atoms with Crippen LogP contribution in [0.5, 0.6) is 5.75 Å². The third-order valence-electron chi connectivity index (χ3n) is 6.15. The van der Waals surface area contributed by atoms with E-state index in [9.17, 15) is 18.8 Å². The van der Waals surface area contributed by atoms with Crippen molar-refractivity contribution in [3.05, 3.63) is 113 Å². The first-order valence-electron chi connectivity index (χ1n) is 12.0. The van der Waals surface area contributed by atoms with Gasteiger partial charge in [0.2, 0.25) is 5.91 Å². The van der Waals surface area contributed by atoms with Gasteiger partial charge in [-0.25, -0.2) is 14.1 Å². The van der Waals surface area contributed by atoms with Crippen LogP contribution < -0.4 is 15.4 Å². The second-order valence-corrected chi connectivity index (χ2v) is 8.88. The van der Waals surface area contributed by atoms with Gasteiger partial charge < -0.3 is 15.4 Å². The van der Waals surface area contributed by atoms with Crippen molar-refractivity contribution in [2.75, 3.05) is 11.9 Å². The largest absolute Gasteiger partial charge is 0.488 e. The summed E-state index contributed by atoms with van der Waals surface area (Å²) in [5.41, 5.74) is 2.72. The monoisotopic (exact) mass is 509 g/mol. The molecule has 1 heterocycles. The molecule has 7 nitrogen and oxygen atoms in total. The fraction of sp³-hybridized carbons (Fsp3) is 0.100. The molecule has 1 saturated heterocycles. The van der Waals surface area contributed by atoms with Gasteiger partial charge in [-0.05, 0) is 47.5 Å². The maximum absolute atomic E-state index is 13.9. The Balaban J connectivity index is 1.40. The first-order valence-corrected chi connectivity index (χ1v) is 12.0. The van der Waals surface area contributed by atoms with Gasteiger partial charge in [0.15, 0.2) is 0 Å². The molecule has 0 atom stereocenters. The number of fused-ring (bicyclic) bond motifs is 1. The fourth-order valence-electron chi connectivity index (χ4n) is 4.15. The minimum Gasteiger partial charge on any atom is -0.488 e. The summed E-state index contributed by atoms with van der Waals surface area (Å²) in [5, 5.41) is 6.69. The number of carbonyl (C=O) groups is 3. The van der Waals surface area contributed by atoms with Crippen LogP contribution in [-0.2, 0) is 16.2 Å². The average Bonchev–Trinajstić information content (AvgIpc) is 3.17. The van der Waals surface area contributed by atoms with Crippen LogP contribution in [0.2, 0.25) is 0 Å². The lowest BCUT2D eigenvalue weighted by atomic mass is 10.0. The second-order valence-electron chi connectivity index (χ2n) is 8.88. The highest BCUT2D eigenvalue weighted by molar-refractivity contribution is 6.16. The number of carbonyl (C=O) groups excluding carboxylic acids is 3. The van der Waals surface area contributed by atoms with Gasteiger partial charge in [0.1, 0.15) is 30.4 Å². The number of halogens is 1. The lowest BCUT2D eigenvalue weighted by molar-refractivity contribution is -0.127. The zero-order valence-corrected chi connectivity index (χ0v) is 20.5. The van der Waals surface area contributed by atoms with E-state index in [1.54, 1.807) is 12.1 Å². The molecule has 0 aromatic heterocycles. The summed E-state index contributed by atoms with van der Waals surface area (Å²) in [6.45, 7) is 1.76. The first-order chi connectivity index (χ1) is 18.4. The zero-order chi connectivity index (χ0) is 26.6. The molecule has 0 radical (unpaired) electrons. The molecule has 190 valence electrons. The summed E-state index contributed by atoms with van der Waals surface area (Å²) in [5.74, 6) is -1.45. The highest BCUT2D eigenvalue weighted by Crippen LogP contribution is 2.31. The van der Waals surface area contributed by atoms with Gasteiger partial charge in [0, 0.05) is 5.56 Å². The number of rotatable bonds is 7. The van der Waals surface area contributed by atoms with Gasteiger partial charge in [0.05, 0.1) is 5.69 Å². The van der Waals surface area contributed by atoms with Crippen LogP contribution in [0.15, 0.2) is 90.6 Å². The van der Waals surface area contributed by atoms with Crippen LogP contribution >= 0.6 is 0 Å². The van der Waals surface area contributed by atoms with Crippen molar-refractivity contribution in [2.24, 2.45) is 0 Å². The van der Waals surface area contributed by atoms with Gasteiger partial charge in [0.25, 0.3) is 5.91 Å². The van der Waals surface area contributed by atoms with E-state index in [1.165, 1.54) is 18.2 Å². The molecule has 5 rings (SSSR count). The van der Waals surface area contributed by atoms with Crippen LogP contribution in [0.25, 0.3) is 16.8 Å². The summed E-state index contributed by atoms with van der Waals surface area (Å²) < 4.78 is 20.0. The Morgan fingerprint density at radius 1 is 0.974 bits per heavy atom. The molecular formula is C30H24FN3O4. The van der Waals surface area contributed by atoms with Crippen molar-refractivity contribution in [3.63, 3.8) is 0 Å². The smallest absolute Gasteiger partial charge is 0.329 e. The standard InChI is InChI=1S/C30H24FN3O4/c1-19-10-12-20(13-11-19)18-38-27-15-14-21-6-2-3-7-22(21)23(27)16-26-29(36)34(30(37)33-26)17-28(35)32-25-9-5-4-8-24(25)31/h2-16H,17-18H2,1H3,(H,32,35)(H,33,37)/b26-16+. The van der Waals surface area contributed by atoms with Crippen molar-refractivity contribution >= 4 is 40.4 Å². The molecule has 38 heavy (non-hydrogen) atoms. The van der Waals surface area contributed by atoms with Crippen molar-refractivity contribution in [1.82, 2.24) is 10.2 Å². The van der Waals surface area contributed by atoms with Gasteiger partial charge >= 0.3 is 6.03 Å². The molecule has 2 N–H and O–H groups in total. The van der Waals surface area contributed by atoms with Gasteiger partial charge in [-0.1, -0.05) is 72.3 Å². The maximum Gasteiger partial charge on any atom is 0.329 e. The first kappa shape index (κ1) is 24.7. The molecule has 8 heteroatoms.